The first-order valence-electron chi connectivity index (χ1n) is 8.96. The molecule has 3 unspecified atom stereocenters. The number of nitrogens with two attached hydrogens (primary N) is 2. The molecule has 0 radical (unpaired) electrons. The van der Waals surface area contributed by atoms with Crippen molar-refractivity contribution in [3.05, 3.63) is 35.9 Å². The van der Waals surface area contributed by atoms with E-state index in [2.05, 4.69) is 10.6 Å². The van der Waals surface area contributed by atoms with Crippen molar-refractivity contribution in [1.82, 2.24) is 10.6 Å². The van der Waals surface area contributed by atoms with Crippen LogP contribution in [0.25, 0.3) is 0 Å². The molecule has 1 aromatic carbocycles. The second kappa shape index (κ2) is 11.3. The molecule has 0 bridgehead atoms. The predicted molar refractivity (Wildman–Crippen MR) is 103 cm³/mol. The van der Waals surface area contributed by atoms with Gasteiger partial charge >= 0.3 is 5.97 Å². The first-order chi connectivity index (χ1) is 12.8. The third-order valence-electron chi connectivity index (χ3n) is 4.02. The fourth-order valence-corrected chi connectivity index (χ4v) is 2.54. The average molecular weight is 378 g/mol. The Morgan fingerprint density at radius 3 is 2.15 bits per heavy atom. The number of amides is 2. The smallest absolute Gasteiger partial charge is 0.328 e. The fourth-order valence-electron chi connectivity index (χ4n) is 2.54. The molecule has 0 saturated carbocycles. The molecule has 150 valence electrons. The topological polar surface area (TPSA) is 137 Å². The first kappa shape index (κ1) is 22.6. The zero-order chi connectivity index (χ0) is 20.4. The average Bonchev–Trinajstić information content (AvgIpc) is 2.65. The minimum Gasteiger partial charge on any atom is -0.467 e. The summed E-state index contributed by atoms with van der Waals surface area (Å²) in [5, 5.41) is 5.30. The summed E-state index contributed by atoms with van der Waals surface area (Å²) in [6.07, 6.45) is 0.679. The highest BCUT2D eigenvalue weighted by molar-refractivity contribution is 5.92. The van der Waals surface area contributed by atoms with E-state index in [0.29, 0.717) is 6.42 Å². The van der Waals surface area contributed by atoms with Gasteiger partial charge in [-0.05, 0) is 17.9 Å². The maximum atomic E-state index is 12.8. The highest BCUT2D eigenvalue weighted by atomic mass is 16.5. The van der Waals surface area contributed by atoms with Crippen LogP contribution in [0.5, 0.6) is 0 Å². The Labute approximate surface area is 160 Å². The lowest BCUT2D eigenvalue weighted by Gasteiger charge is -2.24. The maximum Gasteiger partial charge on any atom is 0.328 e. The third-order valence-corrected chi connectivity index (χ3v) is 4.02. The number of esters is 1. The number of nitrogens with one attached hydrogen (secondary N) is 2. The Morgan fingerprint density at radius 1 is 1.04 bits per heavy atom. The van der Waals surface area contributed by atoms with Gasteiger partial charge in [-0.1, -0.05) is 44.2 Å². The molecule has 0 fully saturated rings. The number of methoxy groups -OCH3 is 1. The summed E-state index contributed by atoms with van der Waals surface area (Å²) in [5.74, 6) is -1.36. The summed E-state index contributed by atoms with van der Waals surface area (Å²) in [5.41, 5.74) is 11.9. The van der Waals surface area contributed by atoms with Crippen LogP contribution >= 0.6 is 0 Å². The van der Waals surface area contributed by atoms with Crippen molar-refractivity contribution in [3.63, 3.8) is 0 Å². The molecule has 0 aliphatic carbocycles. The van der Waals surface area contributed by atoms with Crippen molar-refractivity contribution in [1.29, 1.82) is 0 Å². The van der Waals surface area contributed by atoms with E-state index in [1.807, 2.05) is 44.2 Å². The van der Waals surface area contributed by atoms with Crippen molar-refractivity contribution in [2.75, 3.05) is 13.7 Å². The minimum atomic E-state index is -0.914. The quantitative estimate of drug-likeness (QED) is 0.413. The van der Waals surface area contributed by atoms with Crippen LogP contribution in [0.3, 0.4) is 0 Å². The number of rotatable bonds is 10. The number of carbonyl (C=O) groups is 3. The highest BCUT2D eigenvalue weighted by Gasteiger charge is 2.28. The van der Waals surface area contributed by atoms with E-state index in [1.54, 1.807) is 0 Å². The number of hydrogen-bond donors (Lipinski definition) is 4. The van der Waals surface area contributed by atoms with E-state index in [-0.39, 0.29) is 18.9 Å². The zero-order valence-corrected chi connectivity index (χ0v) is 16.1. The number of carbonyl (C=O) groups excluding carboxylic acids is 3. The van der Waals surface area contributed by atoms with E-state index >= 15 is 0 Å². The molecule has 0 aliphatic heterocycles. The lowest BCUT2D eigenvalue weighted by atomic mass is 10.0. The normalized spacial score (nSPS) is 14.1. The van der Waals surface area contributed by atoms with Crippen LogP contribution in [-0.2, 0) is 25.5 Å². The zero-order valence-electron chi connectivity index (χ0n) is 16.1. The van der Waals surface area contributed by atoms with Gasteiger partial charge in [-0.15, -0.1) is 0 Å². The molecular weight excluding hydrogens is 348 g/mol. The SMILES string of the molecule is COC(=O)C(CC(C)C)NC(=O)C(Cc1ccccc1)NC(=O)C(N)CN. The predicted octanol–water partition coefficient (Wildman–Crippen LogP) is -0.296. The molecule has 27 heavy (non-hydrogen) atoms. The summed E-state index contributed by atoms with van der Waals surface area (Å²) in [4.78, 5) is 36.9. The number of hydrogen-bond acceptors (Lipinski definition) is 6. The van der Waals surface area contributed by atoms with Gasteiger partial charge in [0, 0.05) is 13.0 Å². The fraction of sp³-hybridized carbons (Fsp3) is 0.526. The largest absolute Gasteiger partial charge is 0.467 e. The van der Waals surface area contributed by atoms with Gasteiger partial charge in [0.15, 0.2) is 0 Å². The van der Waals surface area contributed by atoms with Crippen molar-refractivity contribution < 1.29 is 19.1 Å². The van der Waals surface area contributed by atoms with Gasteiger partial charge in [0.05, 0.1) is 13.2 Å². The molecule has 0 heterocycles. The first-order valence-corrected chi connectivity index (χ1v) is 8.96. The standard InChI is InChI=1S/C19H30N4O4/c1-12(2)9-16(19(26)27-3)23-18(25)15(22-17(24)14(21)11-20)10-13-7-5-4-6-8-13/h4-8,12,14-16H,9-11,20-21H2,1-3H3,(H,22,24)(H,23,25). The van der Waals surface area contributed by atoms with E-state index in [9.17, 15) is 14.4 Å². The molecule has 0 saturated heterocycles. The van der Waals surface area contributed by atoms with Crippen LogP contribution in [0.2, 0.25) is 0 Å². The van der Waals surface area contributed by atoms with Crippen LogP contribution in [0.15, 0.2) is 30.3 Å². The van der Waals surface area contributed by atoms with E-state index in [0.717, 1.165) is 5.56 Å². The van der Waals surface area contributed by atoms with Crippen molar-refractivity contribution in [3.8, 4) is 0 Å². The highest BCUT2D eigenvalue weighted by Crippen LogP contribution is 2.08. The maximum absolute atomic E-state index is 12.8. The molecule has 8 heteroatoms. The van der Waals surface area contributed by atoms with Crippen LogP contribution in [0, 0.1) is 5.92 Å². The molecule has 3 atom stereocenters. The molecule has 2 amide bonds. The lowest BCUT2D eigenvalue weighted by molar-refractivity contribution is -0.145. The summed E-state index contributed by atoms with van der Waals surface area (Å²) < 4.78 is 4.77. The number of ether oxygens (including phenoxy) is 1. The van der Waals surface area contributed by atoms with Gasteiger partial charge in [0.2, 0.25) is 11.8 Å². The summed E-state index contributed by atoms with van der Waals surface area (Å²) in [6.45, 7) is 3.83. The van der Waals surface area contributed by atoms with Crippen LogP contribution in [0.4, 0.5) is 0 Å². The molecule has 0 aromatic heterocycles. The summed E-state index contributed by atoms with van der Waals surface area (Å²) in [7, 11) is 1.27. The van der Waals surface area contributed by atoms with E-state index < -0.39 is 35.9 Å². The Morgan fingerprint density at radius 2 is 1.63 bits per heavy atom. The summed E-state index contributed by atoms with van der Waals surface area (Å²) >= 11 is 0. The number of benzene rings is 1. The molecule has 6 N–H and O–H groups in total. The Balaban J connectivity index is 2.95. The van der Waals surface area contributed by atoms with Crippen LogP contribution < -0.4 is 22.1 Å². The van der Waals surface area contributed by atoms with Crippen LogP contribution in [0.1, 0.15) is 25.8 Å². The molecule has 0 aliphatic rings. The van der Waals surface area contributed by atoms with E-state index in [4.69, 9.17) is 16.2 Å². The van der Waals surface area contributed by atoms with Gasteiger partial charge in [0.25, 0.3) is 0 Å². The minimum absolute atomic E-state index is 0.0381. The van der Waals surface area contributed by atoms with Gasteiger partial charge in [-0.2, -0.15) is 0 Å². The molecule has 1 aromatic rings. The van der Waals surface area contributed by atoms with Gasteiger partial charge in [-0.3, -0.25) is 9.59 Å². The Bertz CT molecular complexity index is 621. The molecular formula is C19H30N4O4. The third kappa shape index (κ3) is 7.76. The van der Waals surface area contributed by atoms with Crippen molar-refractivity contribution >= 4 is 17.8 Å². The second-order valence-corrected chi connectivity index (χ2v) is 6.81. The Hall–Kier alpha value is -2.45. The van der Waals surface area contributed by atoms with Crippen molar-refractivity contribution in [2.24, 2.45) is 17.4 Å². The van der Waals surface area contributed by atoms with Gasteiger partial charge in [-0.25, -0.2) is 4.79 Å². The molecule has 8 nitrogen and oxygen atoms in total. The lowest BCUT2D eigenvalue weighted by Crippen LogP contribution is -2.56. The van der Waals surface area contributed by atoms with Gasteiger partial charge < -0.3 is 26.8 Å². The Kier molecular flexibility index (Phi) is 9.46. The second-order valence-electron chi connectivity index (χ2n) is 6.81. The monoisotopic (exact) mass is 378 g/mol. The van der Waals surface area contributed by atoms with Gasteiger partial charge in [0.1, 0.15) is 12.1 Å². The van der Waals surface area contributed by atoms with Crippen LogP contribution in [-0.4, -0.2) is 49.6 Å². The van der Waals surface area contributed by atoms with Crippen molar-refractivity contribution in [2.45, 2.75) is 44.8 Å². The summed E-state index contributed by atoms with van der Waals surface area (Å²) in [6, 6.07) is 6.64. The molecule has 1 rings (SSSR count). The van der Waals surface area contributed by atoms with E-state index in [1.165, 1.54) is 7.11 Å². The molecule has 0 spiro atoms.